The molecule has 0 saturated heterocycles. The van der Waals surface area contributed by atoms with E-state index in [1.165, 1.54) is 18.2 Å². The van der Waals surface area contributed by atoms with Gasteiger partial charge >= 0.3 is 0 Å². The minimum absolute atomic E-state index is 0.0783. The molecule has 0 atom stereocenters. The Balaban J connectivity index is 1.97. The van der Waals surface area contributed by atoms with Gasteiger partial charge in [0, 0.05) is 10.7 Å². The minimum Gasteiger partial charge on any atom is -0.397 e. The van der Waals surface area contributed by atoms with Crippen molar-refractivity contribution in [1.29, 1.82) is 0 Å². The maximum absolute atomic E-state index is 13.7. The van der Waals surface area contributed by atoms with E-state index < -0.39 is 5.82 Å². The molecule has 0 aromatic heterocycles. The van der Waals surface area contributed by atoms with Gasteiger partial charge in [0.15, 0.2) is 0 Å². The van der Waals surface area contributed by atoms with Crippen LogP contribution in [0.4, 0.5) is 27.1 Å². The molecule has 4 N–H and O–H groups in total. The Morgan fingerprint density at radius 1 is 1.25 bits per heavy atom. The van der Waals surface area contributed by atoms with Crippen LogP contribution in [0.25, 0.3) is 0 Å². The van der Waals surface area contributed by atoms with Crippen LogP contribution < -0.4 is 16.4 Å². The number of hydrogen-bond donors (Lipinski definition) is 3. The van der Waals surface area contributed by atoms with Crippen molar-refractivity contribution in [3.05, 3.63) is 46.7 Å². The molecule has 0 saturated carbocycles. The Hall–Kier alpha value is -2.27. The summed E-state index contributed by atoms with van der Waals surface area (Å²) >= 11 is 5.84. The van der Waals surface area contributed by atoms with Crippen molar-refractivity contribution < 1.29 is 9.18 Å². The molecule has 1 heterocycles. The van der Waals surface area contributed by atoms with Crippen molar-refractivity contribution in [2.75, 3.05) is 16.4 Å². The SMILES string of the molecule is Nc1cc2c(cc1Nc1cc(Cl)ccc1F)NC(=O)C2. The van der Waals surface area contributed by atoms with Crippen LogP contribution >= 0.6 is 11.6 Å². The third-order valence-corrected chi connectivity index (χ3v) is 3.33. The zero-order valence-corrected chi connectivity index (χ0v) is 11.1. The van der Waals surface area contributed by atoms with E-state index >= 15 is 0 Å². The Morgan fingerprint density at radius 2 is 2.05 bits per heavy atom. The third kappa shape index (κ3) is 2.28. The molecule has 0 fully saturated rings. The molecular weight excluding hydrogens is 281 g/mol. The molecule has 102 valence electrons. The first-order valence-electron chi connectivity index (χ1n) is 5.97. The number of nitrogens with two attached hydrogens (primary N) is 1. The van der Waals surface area contributed by atoms with Crippen LogP contribution in [0.1, 0.15) is 5.56 Å². The van der Waals surface area contributed by atoms with Gasteiger partial charge < -0.3 is 16.4 Å². The molecule has 2 aromatic carbocycles. The van der Waals surface area contributed by atoms with Gasteiger partial charge in [-0.15, -0.1) is 0 Å². The quantitative estimate of drug-likeness (QED) is 0.744. The predicted octanol–water partition coefficient (Wildman–Crippen LogP) is 3.30. The smallest absolute Gasteiger partial charge is 0.228 e. The number of hydrogen-bond acceptors (Lipinski definition) is 3. The maximum atomic E-state index is 13.7. The van der Waals surface area contributed by atoms with Crippen molar-refractivity contribution >= 4 is 40.3 Å². The second-order valence-electron chi connectivity index (χ2n) is 4.57. The van der Waals surface area contributed by atoms with Crippen LogP contribution in [0.15, 0.2) is 30.3 Å². The highest BCUT2D eigenvalue weighted by atomic mass is 35.5. The predicted molar refractivity (Wildman–Crippen MR) is 77.9 cm³/mol. The maximum Gasteiger partial charge on any atom is 0.228 e. The first kappa shape index (κ1) is 12.7. The number of rotatable bonds is 2. The monoisotopic (exact) mass is 291 g/mol. The van der Waals surface area contributed by atoms with Crippen molar-refractivity contribution in [1.82, 2.24) is 0 Å². The number of halogens is 2. The Kier molecular flexibility index (Phi) is 2.99. The fraction of sp³-hybridized carbons (Fsp3) is 0.0714. The van der Waals surface area contributed by atoms with Gasteiger partial charge in [-0.3, -0.25) is 4.79 Å². The molecule has 0 bridgehead atoms. The summed E-state index contributed by atoms with van der Waals surface area (Å²) in [6.45, 7) is 0. The Labute approximate surface area is 119 Å². The second-order valence-corrected chi connectivity index (χ2v) is 5.01. The van der Waals surface area contributed by atoms with Gasteiger partial charge in [0.05, 0.1) is 23.5 Å². The minimum atomic E-state index is -0.432. The van der Waals surface area contributed by atoms with Crippen LogP contribution in [-0.4, -0.2) is 5.91 Å². The zero-order valence-electron chi connectivity index (χ0n) is 10.3. The summed E-state index contributed by atoms with van der Waals surface area (Å²) in [5.74, 6) is -0.510. The number of amides is 1. The molecule has 2 aromatic rings. The lowest BCUT2D eigenvalue weighted by Crippen LogP contribution is -2.03. The van der Waals surface area contributed by atoms with Gasteiger partial charge in [-0.25, -0.2) is 4.39 Å². The Morgan fingerprint density at radius 3 is 2.85 bits per heavy atom. The van der Waals surface area contributed by atoms with Crippen molar-refractivity contribution in [3.63, 3.8) is 0 Å². The number of carbonyl (C=O) groups excluding carboxylic acids is 1. The lowest BCUT2D eigenvalue weighted by atomic mass is 10.1. The number of carbonyl (C=O) groups is 1. The third-order valence-electron chi connectivity index (χ3n) is 3.10. The summed E-state index contributed by atoms with van der Waals surface area (Å²) in [7, 11) is 0. The van der Waals surface area contributed by atoms with Crippen LogP contribution in [0, 0.1) is 5.82 Å². The van der Waals surface area contributed by atoms with E-state index in [2.05, 4.69) is 10.6 Å². The van der Waals surface area contributed by atoms with Crippen molar-refractivity contribution in [2.24, 2.45) is 0 Å². The molecule has 3 rings (SSSR count). The van der Waals surface area contributed by atoms with Gasteiger partial charge in [0.25, 0.3) is 0 Å². The number of benzene rings is 2. The fourth-order valence-corrected chi connectivity index (χ4v) is 2.31. The largest absolute Gasteiger partial charge is 0.397 e. The molecule has 20 heavy (non-hydrogen) atoms. The van der Waals surface area contributed by atoms with E-state index in [1.807, 2.05) is 0 Å². The van der Waals surface area contributed by atoms with Gasteiger partial charge in [0.2, 0.25) is 5.91 Å². The molecule has 1 amide bonds. The molecule has 1 aliphatic heterocycles. The summed E-state index contributed by atoms with van der Waals surface area (Å²) < 4.78 is 13.7. The zero-order chi connectivity index (χ0) is 14.3. The standard InChI is InChI=1S/C14H11ClFN3O/c15-8-1-2-9(16)12(5-8)18-13-6-11-7(3-10(13)17)4-14(20)19-11/h1-3,5-6,18H,4,17H2,(H,19,20). The Bertz CT molecular complexity index is 718. The second kappa shape index (κ2) is 4.68. The van der Waals surface area contributed by atoms with E-state index in [1.54, 1.807) is 12.1 Å². The van der Waals surface area contributed by atoms with Crippen LogP contribution in [-0.2, 0) is 11.2 Å². The molecular formula is C14H11ClFN3O. The van der Waals surface area contributed by atoms with Crippen LogP contribution in [0.2, 0.25) is 5.02 Å². The number of fused-ring (bicyclic) bond motifs is 1. The van der Waals surface area contributed by atoms with E-state index in [9.17, 15) is 9.18 Å². The van der Waals surface area contributed by atoms with Crippen molar-refractivity contribution in [2.45, 2.75) is 6.42 Å². The first-order valence-corrected chi connectivity index (χ1v) is 6.35. The summed E-state index contributed by atoms with van der Waals surface area (Å²) in [6.07, 6.45) is 0.311. The average Bonchev–Trinajstić information content (AvgIpc) is 2.73. The number of nitrogen functional groups attached to an aromatic ring is 1. The molecule has 0 radical (unpaired) electrons. The van der Waals surface area contributed by atoms with Crippen LogP contribution in [0.5, 0.6) is 0 Å². The van der Waals surface area contributed by atoms with Gasteiger partial charge in [0.1, 0.15) is 5.82 Å². The van der Waals surface area contributed by atoms with Gasteiger partial charge in [-0.2, -0.15) is 0 Å². The van der Waals surface area contributed by atoms with E-state index in [4.69, 9.17) is 17.3 Å². The highest BCUT2D eigenvalue weighted by Crippen LogP contribution is 2.34. The molecule has 6 heteroatoms. The normalized spacial score (nSPS) is 13.0. The van der Waals surface area contributed by atoms with Gasteiger partial charge in [-0.1, -0.05) is 11.6 Å². The summed E-state index contributed by atoms with van der Waals surface area (Å²) in [5, 5.41) is 6.03. The lowest BCUT2D eigenvalue weighted by Gasteiger charge is -2.12. The number of anilines is 4. The average molecular weight is 292 g/mol. The molecule has 0 spiro atoms. The summed E-state index contributed by atoms with van der Waals surface area (Å²) in [4.78, 5) is 11.3. The van der Waals surface area contributed by atoms with Gasteiger partial charge in [-0.05, 0) is 35.9 Å². The van der Waals surface area contributed by atoms with E-state index in [0.717, 1.165) is 5.56 Å². The topological polar surface area (TPSA) is 67.2 Å². The van der Waals surface area contributed by atoms with E-state index in [-0.39, 0.29) is 11.6 Å². The highest BCUT2D eigenvalue weighted by molar-refractivity contribution is 6.30. The van der Waals surface area contributed by atoms with Crippen molar-refractivity contribution in [3.8, 4) is 0 Å². The summed E-state index contributed by atoms with van der Waals surface area (Å²) in [6, 6.07) is 7.61. The first-order chi connectivity index (χ1) is 9.52. The molecule has 1 aliphatic rings. The summed E-state index contributed by atoms with van der Waals surface area (Å²) in [5.41, 5.74) is 8.64. The molecule has 4 nitrogen and oxygen atoms in total. The molecule has 0 unspecified atom stereocenters. The van der Waals surface area contributed by atoms with E-state index in [0.29, 0.717) is 28.5 Å². The highest BCUT2D eigenvalue weighted by Gasteiger charge is 2.19. The number of nitrogens with one attached hydrogen (secondary N) is 2. The fourth-order valence-electron chi connectivity index (χ4n) is 2.14. The molecule has 0 aliphatic carbocycles. The van der Waals surface area contributed by atoms with Crippen LogP contribution in [0.3, 0.4) is 0 Å². The lowest BCUT2D eigenvalue weighted by molar-refractivity contribution is -0.115.